The van der Waals surface area contributed by atoms with E-state index in [2.05, 4.69) is 15.7 Å². The zero-order valence-electron chi connectivity index (χ0n) is 9.75. The summed E-state index contributed by atoms with van der Waals surface area (Å²) < 4.78 is 37.8. The van der Waals surface area contributed by atoms with Gasteiger partial charge in [-0.3, -0.25) is 0 Å². The normalized spacial score (nSPS) is 13.2. The molecular weight excluding hydrogens is 249 g/mol. The summed E-state index contributed by atoms with van der Waals surface area (Å²) in [4.78, 5) is 3.86. The molecule has 1 unspecified atom stereocenters. The number of hydrogen-bond donors (Lipinski definition) is 4. The van der Waals surface area contributed by atoms with Gasteiger partial charge in [-0.05, 0) is 25.5 Å². The molecule has 102 valence electrons. The van der Waals surface area contributed by atoms with E-state index in [-0.39, 0.29) is 24.3 Å². The predicted molar refractivity (Wildman–Crippen MR) is 61.8 cm³/mol. The Morgan fingerprint density at radius 2 is 2.00 bits per heavy atom. The first-order valence-electron chi connectivity index (χ1n) is 5.30. The van der Waals surface area contributed by atoms with Gasteiger partial charge in [-0.25, -0.2) is 10.8 Å². The Morgan fingerprint density at radius 3 is 2.50 bits per heavy atom. The molecule has 1 aromatic heterocycles. The van der Waals surface area contributed by atoms with Crippen LogP contribution >= 0.6 is 0 Å². The molecule has 0 saturated heterocycles. The number of nitrogens with two attached hydrogens (primary N) is 1. The van der Waals surface area contributed by atoms with Crippen LogP contribution in [0.2, 0.25) is 0 Å². The van der Waals surface area contributed by atoms with Crippen molar-refractivity contribution in [3.63, 3.8) is 0 Å². The molecule has 0 aromatic carbocycles. The number of alkyl halides is 3. The lowest BCUT2D eigenvalue weighted by atomic mass is 10.2. The van der Waals surface area contributed by atoms with E-state index in [0.717, 1.165) is 12.1 Å². The lowest BCUT2D eigenvalue weighted by Gasteiger charge is -2.16. The lowest BCUT2D eigenvalue weighted by Crippen LogP contribution is -2.19. The fraction of sp³-hybridized carbons (Fsp3) is 0.500. The Balaban J connectivity index is 2.97. The van der Waals surface area contributed by atoms with Crippen LogP contribution in [0.1, 0.15) is 18.9 Å². The second kappa shape index (κ2) is 5.87. The van der Waals surface area contributed by atoms with Crippen molar-refractivity contribution in [1.29, 1.82) is 0 Å². The predicted octanol–water partition coefficient (Wildman–Crippen LogP) is 1.57. The van der Waals surface area contributed by atoms with Crippen LogP contribution in [-0.2, 0) is 6.18 Å². The third kappa shape index (κ3) is 4.04. The number of anilines is 2. The van der Waals surface area contributed by atoms with Crippen molar-refractivity contribution in [2.75, 3.05) is 17.3 Å². The topological polar surface area (TPSA) is 83.2 Å². The van der Waals surface area contributed by atoms with Crippen molar-refractivity contribution in [2.45, 2.75) is 25.6 Å². The number of hydrogen-bond acceptors (Lipinski definition) is 5. The van der Waals surface area contributed by atoms with Crippen molar-refractivity contribution in [3.05, 3.63) is 17.7 Å². The molecule has 5 N–H and O–H groups in total. The molecule has 0 radical (unpaired) electrons. The number of halogens is 3. The molecule has 0 bridgehead atoms. The summed E-state index contributed by atoms with van der Waals surface area (Å²) in [5.74, 6) is 5.05. The average Bonchev–Trinajstić information content (AvgIpc) is 2.27. The summed E-state index contributed by atoms with van der Waals surface area (Å²) in [6.45, 7) is 1.67. The van der Waals surface area contributed by atoms with Gasteiger partial charge in [0.1, 0.15) is 11.6 Å². The summed E-state index contributed by atoms with van der Waals surface area (Å²) in [5, 5.41) is 11.5. The van der Waals surface area contributed by atoms with E-state index in [1.165, 1.54) is 0 Å². The van der Waals surface area contributed by atoms with E-state index in [1.807, 2.05) is 0 Å². The van der Waals surface area contributed by atoms with Crippen LogP contribution in [0.3, 0.4) is 0 Å². The molecule has 0 aliphatic rings. The van der Waals surface area contributed by atoms with E-state index < -0.39 is 11.7 Å². The highest BCUT2D eigenvalue weighted by Crippen LogP contribution is 2.32. The SMILES string of the molecule is CC(CCO)Nc1cc(C(F)(F)F)cc(NN)n1. The lowest BCUT2D eigenvalue weighted by molar-refractivity contribution is -0.137. The number of nitrogen functional groups attached to an aromatic ring is 1. The summed E-state index contributed by atoms with van der Waals surface area (Å²) >= 11 is 0. The minimum absolute atomic E-state index is 0.0544. The van der Waals surface area contributed by atoms with Crippen molar-refractivity contribution < 1.29 is 18.3 Å². The van der Waals surface area contributed by atoms with Gasteiger partial charge in [0.25, 0.3) is 0 Å². The Morgan fingerprint density at radius 1 is 1.39 bits per heavy atom. The maximum atomic E-state index is 12.6. The van der Waals surface area contributed by atoms with Crippen LogP contribution in [0.15, 0.2) is 12.1 Å². The Labute approximate surface area is 102 Å². The van der Waals surface area contributed by atoms with Crippen LogP contribution in [0.4, 0.5) is 24.8 Å². The fourth-order valence-corrected chi connectivity index (χ4v) is 1.36. The molecule has 0 amide bonds. The minimum Gasteiger partial charge on any atom is -0.396 e. The van der Waals surface area contributed by atoms with Gasteiger partial charge in [0.2, 0.25) is 0 Å². The molecule has 0 fully saturated rings. The molecule has 0 spiro atoms. The Hall–Kier alpha value is -1.54. The molecule has 0 saturated carbocycles. The Kier molecular flexibility index (Phi) is 4.74. The van der Waals surface area contributed by atoms with Crippen LogP contribution in [0.5, 0.6) is 0 Å². The third-order valence-corrected chi connectivity index (χ3v) is 2.26. The molecule has 5 nitrogen and oxygen atoms in total. The summed E-state index contributed by atoms with van der Waals surface area (Å²) in [6, 6.07) is 1.52. The third-order valence-electron chi connectivity index (χ3n) is 2.26. The summed E-state index contributed by atoms with van der Waals surface area (Å²) in [7, 11) is 0. The van der Waals surface area contributed by atoms with Crippen molar-refractivity contribution >= 4 is 11.6 Å². The maximum absolute atomic E-state index is 12.6. The molecule has 1 rings (SSSR count). The minimum atomic E-state index is -4.47. The van der Waals surface area contributed by atoms with Crippen molar-refractivity contribution in [2.24, 2.45) is 5.84 Å². The molecule has 1 atom stereocenters. The Bertz CT molecular complexity index is 397. The standard InChI is InChI=1S/C10H15F3N4O/c1-6(2-3-18)15-8-4-7(10(11,12)13)5-9(16-8)17-14/h4-6,18H,2-3,14H2,1H3,(H2,15,16,17). The molecule has 1 heterocycles. The summed E-state index contributed by atoms with van der Waals surface area (Å²) in [5.41, 5.74) is 1.24. The first-order valence-corrected chi connectivity index (χ1v) is 5.30. The maximum Gasteiger partial charge on any atom is 0.416 e. The number of aliphatic hydroxyl groups excluding tert-OH is 1. The van der Waals surface area contributed by atoms with Gasteiger partial charge in [0.15, 0.2) is 0 Å². The fourth-order valence-electron chi connectivity index (χ4n) is 1.36. The van der Waals surface area contributed by atoms with Crippen LogP contribution in [0.25, 0.3) is 0 Å². The monoisotopic (exact) mass is 264 g/mol. The zero-order valence-corrected chi connectivity index (χ0v) is 9.75. The van der Waals surface area contributed by atoms with Gasteiger partial charge < -0.3 is 15.8 Å². The van der Waals surface area contributed by atoms with Crippen LogP contribution < -0.4 is 16.6 Å². The number of nitrogens with one attached hydrogen (secondary N) is 2. The van der Waals surface area contributed by atoms with Crippen molar-refractivity contribution in [1.82, 2.24) is 4.98 Å². The average molecular weight is 264 g/mol. The van der Waals surface area contributed by atoms with Gasteiger partial charge >= 0.3 is 6.18 Å². The molecule has 0 aliphatic carbocycles. The highest BCUT2D eigenvalue weighted by Gasteiger charge is 2.31. The smallest absolute Gasteiger partial charge is 0.396 e. The number of aliphatic hydroxyl groups is 1. The van der Waals surface area contributed by atoms with E-state index in [4.69, 9.17) is 10.9 Å². The largest absolute Gasteiger partial charge is 0.416 e. The van der Waals surface area contributed by atoms with Gasteiger partial charge in [-0.1, -0.05) is 0 Å². The molecule has 8 heteroatoms. The number of rotatable bonds is 5. The second-order valence-corrected chi connectivity index (χ2v) is 3.83. The zero-order chi connectivity index (χ0) is 13.8. The first kappa shape index (κ1) is 14.5. The van der Waals surface area contributed by atoms with Gasteiger partial charge in [0, 0.05) is 12.6 Å². The van der Waals surface area contributed by atoms with E-state index in [0.29, 0.717) is 6.42 Å². The molecule has 1 aromatic rings. The number of pyridine rings is 1. The highest BCUT2D eigenvalue weighted by atomic mass is 19.4. The number of hydrazine groups is 1. The molecule has 0 aliphatic heterocycles. The van der Waals surface area contributed by atoms with Crippen LogP contribution in [0, 0.1) is 0 Å². The van der Waals surface area contributed by atoms with E-state index in [1.54, 1.807) is 6.92 Å². The van der Waals surface area contributed by atoms with Crippen molar-refractivity contribution in [3.8, 4) is 0 Å². The van der Waals surface area contributed by atoms with E-state index in [9.17, 15) is 13.2 Å². The molecule has 18 heavy (non-hydrogen) atoms. The van der Waals surface area contributed by atoms with Gasteiger partial charge in [-0.2, -0.15) is 13.2 Å². The summed E-state index contributed by atoms with van der Waals surface area (Å²) in [6.07, 6.45) is -4.06. The first-order chi connectivity index (χ1) is 8.36. The van der Waals surface area contributed by atoms with Crippen LogP contribution in [-0.4, -0.2) is 22.7 Å². The number of nitrogens with zero attached hydrogens (tertiary/aromatic N) is 1. The van der Waals surface area contributed by atoms with E-state index >= 15 is 0 Å². The highest BCUT2D eigenvalue weighted by molar-refractivity contribution is 5.49. The quantitative estimate of drug-likeness (QED) is 0.479. The number of aromatic nitrogens is 1. The molecular formula is C10H15F3N4O. The van der Waals surface area contributed by atoms with Gasteiger partial charge in [-0.15, -0.1) is 0 Å². The van der Waals surface area contributed by atoms with Gasteiger partial charge in [0.05, 0.1) is 5.56 Å². The second-order valence-electron chi connectivity index (χ2n) is 3.83.